The average molecular weight is 353 g/mol. The van der Waals surface area contributed by atoms with Crippen LogP contribution in [0.5, 0.6) is 0 Å². The summed E-state index contributed by atoms with van der Waals surface area (Å²) in [7, 11) is 0. The number of hydrogen-bond acceptors (Lipinski definition) is 4. The first kappa shape index (κ1) is 16.9. The molecule has 0 fully saturated rings. The van der Waals surface area contributed by atoms with Crippen molar-refractivity contribution in [1.29, 1.82) is 0 Å². The zero-order valence-corrected chi connectivity index (χ0v) is 14.2. The molecule has 0 bridgehead atoms. The number of anilines is 3. The number of nitrogens with zero attached hydrogens (tertiary/aromatic N) is 2. The average Bonchev–Trinajstić information content (AvgIpc) is 2.64. The number of amides is 1. The highest BCUT2D eigenvalue weighted by molar-refractivity contribution is 6.30. The van der Waals surface area contributed by atoms with Gasteiger partial charge in [-0.15, -0.1) is 10.2 Å². The summed E-state index contributed by atoms with van der Waals surface area (Å²) in [5.41, 5.74) is 1.99. The molecular formula is C19H17ClN4O. The van der Waals surface area contributed by atoms with Crippen LogP contribution < -0.4 is 10.6 Å². The van der Waals surface area contributed by atoms with E-state index in [1.54, 1.807) is 24.3 Å². The third-order valence-corrected chi connectivity index (χ3v) is 3.78. The molecule has 3 rings (SSSR count). The van der Waals surface area contributed by atoms with Crippen molar-refractivity contribution in [2.24, 2.45) is 0 Å². The van der Waals surface area contributed by atoms with E-state index in [2.05, 4.69) is 20.8 Å². The van der Waals surface area contributed by atoms with Gasteiger partial charge >= 0.3 is 0 Å². The molecule has 0 spiro atoms. The van der Waals surface area contributed by atoms with Gasteiger partial charge in [-0.2, -0.15) is 0 Å². The standard InChI is InChI=1S/C19H17ClN4O/c20-15-7-9-16(10-8-15)21-17-11-12-18(24-23-17)22-19(25)13-6-14-4-2-1-3-5-14/h1-5,7-12H,6,13H2,(H,21,23)(H,22,24,25). The van der Waals surface area contributed by atoms with Crippen LogP contribution in [0.2, 0.25) is 5.02 Å². The summed E-state index contributed by atoms with van der Waals surface area (Å²) in [5.74, 6) is 0.931. The molecule has 1 aromatic heterocycles. The van der Waals surface area contributed by atoms with Crippen molar-refractivity contribution in [3.8, 4) is 0 Å². The molecule has 126 valence electrons. The lowest BCUT2D eigenvalue weighted by atomic mass is 10.1. The summed E-state index contributed by atoms with van der Waals surface area (Å²) in [6, 6.07) is 20.6. The van der Waals surface area contributed by atoms with Crippen molar-refractivity contribution in [3.05, 3.63) is 77.3 Å². The SMILES string of the molecule is O=C(CCc1ccccc1)Nc1ccc(Nc2ccc(Cl)cc2)nn1. The molecule has 1 amide bonds. The van der Waals surface area contributed by atoms with Crippen LogP contribution in [-0.4, -0.2) is 16.1 Å². The number of aryl methyl sites for hydroxylation is 1. The predicted molar refractivity (Wildman–Crippen MR) is 100 cm³/mol. The van der Waals surface area contributed by atoms with Crippen molar-refractivity contribution in [2.45, 2.75) is 12.8 Å². The molecule has 1 heterocycles. The van der Waals surface area contributed by atoms with E-state index >= 15 is 0 Å². The highest BCUT2D eigenvalue weighted by Gasteiger charge is 2.05. The van der Waals surface area contributed by atoms with Crippen LogP contribution in [0.3, 0.4) is 0 Å². The lowest BCUT2D eigenvalue weighted by molar-refractivity contribution is -0.116. The predicted octanol–water partition coefficient (Wildman–Crippen LogP) is 4.44. The Kier molecular flexibility index (Phi) is 5.59. The second-order valence-electron chi connectivity index (χ2n) is 5.47. The van der Waals surface area contributed by atoms with Crippen LogP contribution in [-0.2, 0) is 11.2 Å². The molecule has 5 nitrogen and oxygen atoms in total. The van der Waals surface area contributed by atoms with Gasteiger partial charge in [0.15, 0.2) is 11.6 Å². The first-order valence-electron chi connectivity index (χ1n) is 7.89. The van der Waals surface area contributed by atoms with Crippen molar-refractivity contribution < 1.29 is 4.79 Å². The highest BCUT2D eigenvalue weighted by atomic mass is 35.5. The summed E-state index contributed by atoms with van der Waals surface area (Å²) in [6.07, 6.45) is 1.09. The van der Waals surface area contributed by atoms with Crippen LogP contribution in [0.15, 0.2) is 66.7 Å². The zero-order valence-electron chi connectivity index (χ0n) is 13.4. The maximum absolute atomic E-state index is 12.0. The van der Waals surface area contributed by atoms with E-state index in [-0.39, 0.29) is 5.91 Å². The Morgan fingerprint density at radius 1 is 0.880 bits per heavy atom. The lowest BCUT2D eigenvalue weighted by Gasteiger charge is -2.07. The van der Waals surface area contributed by atoms with Crippen molar-refractivity contribution in [3.63, 3.8) is 0 Å². The Morgan fingerprint density at radius 3 is 2.24 bits per heavy atom. The quantitative estimate of drug-likeness (QED) is 0.688. The summed E-state index contributed by atoms with van der Waals surface area (Å²) in [5, 5.41) is 14.6. The van der Waals surface area contributed by atoms with E-state index in [0.717, 1.165) is 11.3 Å². The minimum Gasteiger partial charge on any atom is -0.339 e. The fourth-order valence-electron chi connectivity index (χ4n) is 2.25. The van der Waals surface area contributed by atoms with Crippen molar-refractivity contribution in [1.82, 2.24) is 10.2 Å². The Hall–Kier alpha value is -2.92. The van der Waals surface area contributed by atoms with Crippen LogP contribution in [0, 0.1) is 0 Å². The smallest absolute Gasteiger partial charge is 0.225 e. The summed E-state index contributed by atoms with van der Waals surface area (Å²) in [6.45, 7) is 0. The lowest BCUT2D eigenvalue weighted by Crippen LogP contribution is -2.14. The molecule has 0 radical (unpaired) electrons. The number of nitrogens with one attached hydrogen (secondary N) is 2. The van der Waals surface area contributed by atoms with Crippen LogP contribution >= 0.6 is 11.6 Å². The molecule has 25 heavy (non-hydrogen) atoms. The number of benzene rings is 2. The molecule has 0 saturated carbocycles. The first-order valence-corrected chi connectivity index (χ1v) is 8.27. The Labute approximate surface area is 151 Å². The van der Waals surface area contributed by atoms with E-state index in [1.807, 2.05) is 42.5 Å². The molecule has 3 aromatic rings. The molecule has 6 heteroatoms. The van der Waals surface area contributed by atoms with Crippen LogP contribution in [0.25, 0.3) is 0 Å². The highest BCUT2D eigenvalue weighted by Crippen LogP contribution is 2.17. The number of halogens is 1. The molecule has 0 aliphatic heterocycles. The number of carbonyl (C=O) groups excluding carboxylic acids is 1. The van der Waals surface area contributed by atoms with E-state index in [9.17, 15) is 4.79 Å². The third-order valence-electron chi connectivity index (χ3n) is 3.53. The number of aromatic nitrogens is 2. The number of hydrogen-bond donors (Lipinski definition) is 2. The molecule has 0 aliphatic carbocycles. The maximum atomic E-state index is 12.0. The molecule has 0 unspecified atom stereocenters. The van der Waals surface area contributed by atoms with Gasteiger partial charge in [0, 0.05) is 17.1 Å². The Bertz CT molecular complexity index is 820. The molecular weight excluding hydrogens is 336 g/mol. The Morgan fingerprint density at radius 2 is 1.56 bits per heavy atom. The van der Waals surface area contributed by atoms with Gasteiger partial charge in [-0.1, -0.05) is 41.9 Å². The van der Waals surface area contributed by atoms with E-state index < -0.39 is 0 Å². The van der Waals surface area contributed by atoms with Crippen molar-refractivity contribution >= 4 is 34.8 Å². The van der Waals surface area contributed by atoms with E-state index in [4.69, 9.17) is 11.6 Å². The molecule has 0 atom stereocenters. The molecule has 2 aromatic carbocycles. The number of carbonyl (C=O) groups is 1. The van der Waals surface area contributed by atoms with E-state index in [1.165, 1.54) is 0 Å². The minimum atomic E-state index is -0.0865. The monoisotopic (exact) mass is 352 g/mol. The molecule has 0 aliphatic rings. The van der Waals surface area contributed by atoms with Crippen LogP contribution in [0.1, 0.15) is 12.0 Å². The first-order chi connectivity index (χ1) is 12.2. The van der Waals surface area contributed by atoms with Crippen LogP contribution in [0.4, 0.5) is 17.3 Å². The maximum Gasteiger partial charge on any atom is 0.225 e. The van der Waals surface area contributed by atoms with Gasteiger partial charge in [0.25, 0.3) is 0 Å². The van der Waals surface area contributed by atoms with Crippen molar-refractivity contribution in [2.75, 3.05) is 10.6 Å². The van der Waals surface area contributed by atoms with Gasteiger partial charge in [-0.25, -0.2) is 0 Å². The van der Waals surface area contributed by atoms with Gasteiger partial charge in [0.2, 0.25) is 5.91 Å². The molecule has 0 saturated heterocycles. The summed E-state index contributed by atoms with van der Waals surface area (Å²) < 4.78 is 0. The van der Waals surface area contributed by atoms with Gasteiger partial charge in [0.1, 0.15) is 0 Å². The zero-order chi connectivity index (χ0) is 17.5. The van der Waals surface area contributed by atoms with Gasteiger partial charge in [-0.05, 0) is 48.4 Å². The third kappa shape index (κ3) is 5.29. The van der Waals surface area contributed by atoms with E-state index in [0.29, 0.717) is 29.5 Å². The van der Waals surface area contributed by atoms with Gasteiger partial charge in [-0.3, -0.25) is 4.79 Å². The van der Waals surface area contributed by atoms with Gasteiger partial charge < -0.3 is 10.6 Å². The fraction of sp³-hybridized carbons (Fsp3) is 0.105. The Balaban J connectivity index is 1.51. The second-order valence-corrected chi connectivity index (χ2v) is 5.91. The molecule has 2 N–H and O–H groups in total. The normalized spacial score (nSPS) is 10.3. The second kappa shape index (κ2) is 8.26. The van der Waals surface area contributed by atoms with Gasteiger partial charge in [0.05, 0.1) is 0 Å². The largest absolute Gasteiger partial charge is 0.339 e. The summed E-state index contributed by atoms with van der Waals surface area (Å²) in [4.78, 5) is 12.0. The topological polar surface area (TPSA) is 66.9 Å². The fourth-order valence-corrected chi connectivity index (χ4v) is 2.38. The minimum absolute atomic E-state index is 0.0865. The number of rotatable bonds is 6. The summed E-state index contributed by atoms with van der Waals surface area (Å²) >= 11 is 5.85.